The Morgan fingerprint density at radius 3 is 2.93 bits per heavy atom. The van der Waals surface area contributed by atoms with Gasteiger partial charge in [0, 0.05) is 19.3 Å². The van der Waals surface area contributed by atoms with Gasteiger partial charge in [-0.1, -0.05) is 12.1 Å². The predicted octanol–water partition coefficient (Wildman–Crippen LogP) is 0.852. The minimum absolute atomic E-state index is 0.480. The fraction of sp³-hybridized carbons (Fsp3) is 0.300. The fourth-order valence-electron chi connectivity index (χ4n) is 1.16. The highest BCUT2D eigenvalue weighted by molar-refractivity contribution is 5.90. The van der Waals surface area contributed by atoms with Gasteiger partial charge in [0.1, 0.15) is 0 Å². The Kier molecular flexibility index (Phi) is 4.08. The molecule has 1 aromatic rings. The van der Waals surface area contributed by atoms with Gasteiger partial charge >= 0.3 is 6.03 Å². The van der Waals surface area contributed by atoms with E-state index in [-0.39, 0.29) is 0 Å². The van der Waals surface area contributed by atoms with E-state index >= 15 is 0 Å². The second-order valence-corrected chi connectivity index (χ2v) is 3.09. The van der Waals surface area contributed by atoms with Crippen LogP contribution in [0.4, 0.5) is 10.5 Å². The van der Waals surface area contributed by atoms with Crippen molar-refractivity contribution < 1.29 is 9.63 Å². The van der Waals surface area contributed by atoms with Crippen molar-refractivity contribution in [1.29, 1.82) is 0 Å². The molecule has 0 bridgehead atoms. The topological polar surface area (TPSA) is 67.6 Å². The van der Waals surface area contributed by atoms with Gasteiger partial charge in [0.2, 0.25) is 0 Å². The van der Waals surface area contributed by atoms with E-state index in [0.717, 1.165) is 11.3 Å². The molecule has 0 unspecified atom stereocenters. The average molecular weight is 209 g/mol. The van der Waals surface area contributed by atoms with Crippen LogP contribution in [0.25, 0.3) is 0 Å². The molecule has 0 aliphatic rings. The number of rotatable bonds is 4. The number of hydrogen-bond acceptors (Lipinski definition) is 3. The summed E-state index contributed by atoms with van der Waals surface area (Å²) in [7, 11) is 3.19. The van der Waals surface area contributed by atoms with E-state index < -0.39 is 6.03 Å². The summed E-state index contributed by atoms with van der Waals surface area (Å²) in [6, 6.07) is 7.01. The van der Waals surface area contributed by atoms with Crippen LogP contribution in [-0.4, -0.2) is 20.2 Å². The molecule has 5 heteroatoms. The van der Waals surface area contributed by atoms with Crippen molar-refractivity contribution in [3.63, 3.8) is 0 Å². The highest BCUT2D eigenvalue weighted by Crippen LogP contribution is 2.14. The molecule has 3 N–H and O–H groups in total. The molecule has 0 heterocycles. The standard InChI is InChI=1S/C10H15N3O2/c1-13(10(11)14)9-5-3-4-8(6-9)7-12-15-2/h3-6,12H,7H2,1-2H3,(H2,11,14). The zero-order chi connectivity index (χ0) is 11.3. The first kappa shape index (κ1) is 11.5. The van der Waals surface area contributed by atoms with Crippen LogP contribution < -0.4 is 16.1 Å². The monoisotopic (exact) mass is 209 g/mol. The van der Waals surface area contributed by atoms with Crippen molar-refractivity contribution in [1.82, 2.24) is 5.48 Å². The molecule has 0 aliphatic heterocycles. The number of carbonyl (C=O) groups excluding carboxylic acids is 1. The highest BCUT2D eigenvalue weighted by atomic mass is 16.6. The molecular weight excluding hydrogens is 194 g/mol. The van der Waals surface area contributed by atoms with Gasteiger partial charge in [-0.2, -0.15) is 5.48 Å². The van der Waals surface area contributed by atoms with Gasteiger partial charge in [0.25, 0.3) is 0 Å². The summed E-state index contributed by atoms with van der Waals surface area (Å²) in [5.41, 5.74) is 9.67. The lowest BCUT2D eigenvalue weighted by atomic mass is 10.2. The Balaban J connectivity index is 2.77. The molecule has 0 aliphatic carbocycles. The Labute approximate surface area is 88.8 Å². The third-order valence-electron chi connectivity index (χ3n) is 2.05. The molecule has 1 rings (SSSR count). The Bertz CT molecular complexity index is 341. The Hall–Kier alpha value is -1.59. The molecule has 0 radical (unpaired) electrons. The summed E-state index contributed by atoms with van der Waals surface area (Å²) < 4.78 is 0. The van der Waals surface area contributed by atoms with Gasteiger partial charge in [0.05, 0.1) is 7.11 Å². The maximum absolute atomic E-state index is 10.9. The van der Waals surface area contributed by atoms with Crippen molar-refractivity contribution in [2.75, 3.05) is 19.1 Å². The number of nitrogens with two attached hydrogens (primary N) is 1. The second-order valence-electron chi connectivity index (χ2n) is 3.09. The summed E-state index contributed by atoms with van der Waals surface area (Å²) in [4.78, 5) is 17.1. The van der Waals surface area contributed by atoms with E-state index in [1.807, 2.05) is 24.3 Å². The Morgan fingerprint density at radius 2 is 2.33 bits per heavy atom. The van der Waals surface area contributed by atoms with Crippen LogP contribution in [0.2, 0.25) is 0 Å². The van der Waals surface area contributed by atoms with Gasteiger partial charge < -0.3 is 10.6 Å². The number of urea groups is 1. The quantitative estimate of drug-likeness (QED) is 0.722. The molecule has 0 saturated heterocycles. The number of nitrogens with one attached hydrogen (secondary N) is 1. The van der Waals surface area contributed by atoms with Crippen molar-refractivity contribution in [2.24, 2.45) is 5.73 Å². The van der Waals surface area contributed by atoms with Crippen LogP contribution in [0.1, 0.15) is 5.56 Å². The molecule has 2 amide bonds. The van der Waals surface area contributed by atoms with E-state index in [9.17, 15) is 4.79 Å². The number of carbonyl (C=O) groups is 1. The molecule has 0 spiro atoms. The highest BCUT2D eigenvalue weighted by Gasteiger charge is 2.06. The summed E-state index contributed by atoms with van der Waals surface area (Å²) in [6.07, 6.45) is 0. The summed E-state index contributed by atoms with van der Waals surface area (Å²) >= 11 is 0. The third kappa shape index (κ3) is 3.23. The van der Waals surface area contributed by atoms with E-state index in [2.05, 4.69) is 5.48 Å². The summed E-state index contributed by atoms with van der Waals surface area (Å²) in [5.74, 6) is 0. The number of amides is 2. The molecule has 0 saturated carbocycles. The fourth-order valence-corrected chi connectivity index (χ4v) is 1.16. The molecule has 0 fully saturated rings. The number of anilines is 1. The number of benzene rings is 1. The van der Waals surface area contributed by atoms with Crippen LogP contribution in [-0.2, 0) is 11.4 Å². The van der Waals surface area contributed by atoms with Gasteiger partial charge in [-0.3, -0.25) is 4.90 Å². The van der Waals surface area contributed by atoms with Crippen molar-refractivity contribution >= 4 is 11.7 Å². The number of primary amides is 1. The van der Waals surface area contributed by atoms with Crippen LogP contribution in [0.15, 0.2) is 24.3 Å². The summed E-state index contributed by atoms with van der Waals surface area (Å²) in [6.45, 7) is 0.580. The zero-order valence-electron chi connectivity index (χ0n) is 8.86. The maximum atomic E-state index is 10.9. The van der Waals surface area contributed by atoms with E-state index in [1.165, 1.54) is 4.90 Å². The van der Waals surface area contributed by atoms with Crippen molar-refractivity contribution in [3.8, 4) is 0 Å². The summed E-state index contributed by atoms with van der Waals surface area (Å²) in [5, 5.41) is 0. The molecular formula is C10H15N3O2. The largest absolute Gasteiger partial charge is 0.351 e. The second kappa shape index (κ2) is 5.33. The zero-order valence-corrected chi connectivity index (χ0v) is 8.86. The lowest BCUT2D eigenvalue weighted by molar-refractivity contribution is 0.0867. The smallest absolute Gasteiger partial charge is 0.318 e. The van der Waals surface area contributed by atoms with Gasteiger partial charge in [0.15, 0.2) is 0 Å². The molecule has 0 atom stereocenters. The Morgan fingerprint density at radius 1 is 1.60 bits per heavy atom. The molecule has 15 heavy (non-hydrogen) atoms. The molecule has 5 nitrogen and oxygen atoms in total. The van der Waals surface area contributed by atoms with E-state index in [1.54, 1.807) is 14.2 Å². The van der Waals surface area contributed by atoms with E-state index in [4.69, 9.17) is 10.6 Å². The first-order valence-corrected chi connectivity index (χ1v) is 4.53. The lowest BCUT2D eigenvalue weighted by Crippen LogP contribution is -2.31. The first-order valence-electron chi connectivity index (χ1n) is 4.53. The number of hydrogen-bond donors (Lipinski definition) is 2. The van der Waals surface area contributed by atoms with Crippen molar-refractivity contribution in [3.05, 3.63) is 29.8 Å². The van der Waals surface area contributed by atoms with Crippen LogP contribution in [0.3, 0.4) is 0 Å². The molecule has 0 aromatic heterocycles. The molecule has 1 aromatic carbocycles. The molecule has 82 valence electrons. The minimum atomic E-state index is -0.480. The lowest BCUT2D eigenvalue weighted by Gasteiger charge is -2.15. The normalized spacial score (nSPS) is 10.0. The SMILES string of the molecule is CONCc1cccc(N(C)C(N)=O)c1. The predicted molar refractivity (Wildman–Crippen MR) is 58.3 cm³/mol. The minimum Gasteiger partial charge on any atom is -0.351 e. The van der Waals surface area contributed by atoms with Gasteiger partial charge in [-0.15, -0.1) is 0 Å². The van der Waals surface area contributed by atoms with E-state index in [0.29, 0.717) is 6.54 Å². The number of nitrogens with zero attached hydrogens (tertiary/aromatic N) is 1. The van der Waals surface area contributed by atoms with Crippen LogP contribution in [0.5, 0.6) is 0 Å². The first-order chi connectivity index (χ1) is 7.15. The van der Waals surface area contributed by atoms with Gasteiger partial charge in [-0.05, 0) is 17.7 Å². The maximum Gasteiger partial charge on any atom is 0.318 e. The van der Waals surface area contributed by atoms with Crippen LogP contribution >= 0.6 is 0 Å². The number of hydroxylamine groups is 1. The van der Waals surface area contributed by atoms with Gasteiger partial charge in [-0.25, -0.2) is 4.79 Å². The third-order valence-corrected chi connectivity index (χ3v) is 2.05. The van der Waals surface area contributed by atoms with Crippen LogP contribution in [0, 0.1) is 0 Å². The van der Waals surface area contributed by atoms with Crippen molar-refractivity contribution in [2.45, 2.75) is 6.54 Å². The average Bonchev–Trinajstić information content (AvgIpc) is 2.25.